The van der Waals surface area contributed by atoms with Crippen LogP contribution in [0.2, 0.25) is 0 Å². The van der Waals surface area contributed by atoms with Gasteiger partial charge in [-0.05, 0) is 18.9 Å². The molecule has 0 saturated carbocycles. The highest BCUT2D eigenvalue weighted by molar-refractivity contribution is 5.23. The Hall–Kier alpha value is -0.860. The van der Waals surface area contributed by atoms with Crippen LogP contribution >= 0.6 is 0 Å². The number of nitrogens with two attached hydrogens (primary N) is 1. The van der Waals surface area contributed by atoms with E-state index in [9.17, 15) is 5.11 Å². The lowest BCUT2D eigenvalue weighted by molar-refractivity contribution is 0.00390. The normalized spacial score (nSPS) is 16.5. The SMILES string of the molecule is CCCCCCC(O)(c1ccccc1)C(C)N. The van der Waals surface area contributed by atoms with Crippen molar-refractivity contribution < 1.29 is 5.11 Å². The summed E-state index contributed by atoms with van der Waals surface area (Å²) in [6, 6.07) is 9.55. The van der Waals surface area contributed by atoms with Crippen molar-refractivity contribution in [3.8, 4) is 0 Å². The van der Waals surface area contributed by atoms with E-state index in [1.54, 1.807) is 0 Å². The minimum atomic E-state index is -0.880. The molecule has 0 heterocycles. The van der Waals surface area contributed by atoms with Gasteiger partial charge in [0.1, 0.15) is 5.60 Å². The van der Waals surface area contributed by atoms with Crippen LogP contribution < -0.4 is 5.73 Å². The van der Waals surface area contributed by atoms with Crippen LogP contribution in [0, 0.1) is 0 Å². The number of rotatable bonds is 7. The second kappa shape index (κ2) is 6.77. The lowest BCUT2D eigenvalue weighted by Crippen LogP contribution is -2.43. The van der Waals surface area contributed by atoms with Crippen LogP contribution in [-0.4, -0.2) is 11.1 Å². The molecule has 1 rings (SSSR count). The first-order chi connectivity index (χ1) is 8.11. The molecule has 2 unspecified atom stereocenters. The maximum Gasteiger partial charge on any atom is 0.104 e. The van der Waals surface area contributed by atoms with Crippen molar-refractivity contribution in [3.05, 3.63) is 35.9 Å². The summed E-state index contributed by atoms with van der Waals surface area (Å²) in [6.07, 6.45) is 5.37. The molecule has 17 heavy (non-hydrogen) atoms. The molecule has 1 aromatic rings. The maximum absolute atomic E-state index is 10.7. The second-order valence-corrected chi connectivity index (χ2v) is 4.89. The van der Waals surface area contributed by atoms with E-state index in [0.29, 0.717) is 0 Å². The molecule has 1 aromatic carbocycles. The highest BCUT2D eigenvalue weighted by atomic mass is 16.3. The van der Waals surface area contributed by atoms with Crippen LogP contribution in [0.25, 0.3) is 0 Å². The summed E-state index contributed by atoms with van der Waals surface area (Å²) in [5, 5.41) is 10.7. The smallest absolute Gasteiger partial charge is 0.104 e. The molecule has 0 bridgehead atoms. The third-order valence-electron chi connectivity index (χ3n) is 3.44. The van der Waals surface area contributed by atoms with Gasteiger partial charge in [0.25, 0.3) is 0 Å². The predicted molar refractivity (Wildman–Crippen MR) is 72.7 cm³/mol. The van der Waals surface area contributed by atoms with Gasteiger partial charge in [-0.25, -0.2) is 0 Å². The molecule has 0 saturated heterocycles. The monoisotopic (exact) mass is 235 g/mol. The number of hydrogen-bond acceptors (Lipinski definition) is 2. The third kappa shape index (κ3) is 3.83. The van der Waals surface area contributed by atoms with E-state index in [4.69, 9.17) is 5.73 Å². The molecule has 0 spiro atoms. The Morgan fingerprint density at radius 1 is 1.18 bits per heavy atom. The first-order valence-corrected chi connectivity index (χ1v) is 6.64. The molecule has 0 aromatic heterocycles. The van der Waals surface area contributed by atoms with E-state index in [0.717, 1.165) is 18.4 Å². The maximum atomic E-state index is 10.7. The highest BCUT2D eigenvalue weighted by Crippen LogP contribution is 2.30. The summed E-state index contributed by atoms with van der Waals surface area (Å²) in [7, 11) is 0. The quantitative estimate of drug-likeness (QED) is 0.713. The number of aliphatic hydroxyl groups is 1. The Balaban J connectivity index is 2.69. The number of unbranched alkanes of at least 4 members (excludes halogenated alkanes) is 3. The van der Waals surface area contributed by atoms with Crippen LogP contribution in [-0.2, 0) is 5.60 Å². The lowest BCUT2D eigenvalue weighted by Gasteiger charge is -2.32. The van der Waals surface area contributed by atoms with Gasteiger partial charge in [-0.15, -0.1) is 0 Å². The van der Waals surface area contributed by atoms with E-state index in [1.807, 2.05) is 37.3 Å². The minimum Gasteiger partial charge on any atom is -0.384 e. The largest absolute Gasteiger partial charge is 0.384 e. The summed E-state index contributed by atoms with van der Waals surface area (Å²) in [6.45, 7) is 4.07. The van der Waals surface area contributed by atoms with Crippen molar-refractivity contribution >= 4 is 0 Å². The van der Waals surface area contributed by atoms with E-state index in [-0.39, 0.29) is 6.04 Å². The molecule has 0 fully saturated rings. The van der Waals surface area contributed by atoms with Crippen LogP contribution in [0.5, 0.6) is 0 Å². The van der Waals surface area contributed by atoms with Crippen molar-refractivity contribution in [2.75, 3.05) is 0 Å². The van der Waals surface area contributed by atoms with Crippen LogP contribution in [0.3, 0.4) is 0 Å². The van der Waals surface area contributed by atoms with Crippen LogP contribution in [0.1, 0.15) is 51.5 Å². The predicted octanol–water partition coefficient (Wildman–Crippen LogP) is 3.19. The summed E-state index contributed by atoms with van der Waals surface area (Å²) in [4.78, 5) is 0. The number of benzene rings is 1. The molecule has 2 heteroatoms. The Morgan fingerprint density at radius 3 is 2.35 bits per heavy atom. The Labute approximate surface area is 105 Å². The summed E-state index contributed by atoms with van der Waals surface area (Å²) < 4.78 is 0. The summed E-state index contributed by atoms with van der Waals surface area (Å²) >= 11 is 0. The molecule has 0 aliphatic carbocycles. The van der Waals surface area contributed by atoms with Gasteiger partial charge in [-0.2, -0.15) is 0 Å². The first kappa shape index (κ1) is 14.2. The van der Waals surface area contributed by atoms with E-state index in [2.05, 4.69) is 6.92 Å². The third-order valence-corrected chi connectivity index (χ3v) is 3.44. The van der Waals surface area contributed by atoms with Gasteiger partial charge < -0.3 is 10.8 Å². The summed E-state index contributed by atoms with van der Waals surface area (Å²) in [5.41, 5.74) is 6.02. The Morgan fingerprint density at radius 2 is 1.82 bits per heavy atom. The molecule has 0 aliphatic rings. The fourth-order valence-corrected chi connectivity index (χ4v) is 2.18. The minimum absolute atomic E-state index is 0.244. The zero-order valence-electron chi connectivity index (χ0n) is 11.0. The molecule has 0 amide bonds. The molecule has 2 nitrogen and oxygen atoms in total. The fourth-order valence-electron chi connectivity index (χ4n) is 2.18. The van der Waals surface area contributed by atoms with Gasteiger partial charge in [0.05, 0.1) is 0 Å². The van der Waals surface area contributed by atoms with Gasteiger partial charge in [-0.3, -0.25) is 0 Å². The topological polar surface area (TPSA) is 46.2 Å². The Bertz CT molecular complexity index is 310. The molecule has 2 atom stereocenters. The van der Waals surface area contributed by atoms with Crippen LogP contribution in [0.15, 0.2) is 30.3 Å². The molecular weight excluding hydrogens is 210 g/mol. The Kier molecular flexibility index (Phi) is 5.66. The molecule has 0 radical (unpaired) electrons. The van der Waals surface area contributed by atoms with Crippen molar-refractivity contribution in [2.24, 2.45) is 5.73 Å². The molecule has 96 valence electrons. The zero-order chi connectivity index (χ0) is 12.7. The van der Waals surface area contributed by atoms with Gasteiger partial charge in [0.2, 0.25) is 0 Å². The van der Waals surface area contributed by atoms with Gasteiger partial charge >= 0.3 is 0 Å². The average Bonchev–Trinajstić information content (AvgIpc) is 2.35. The van der Waals surface area contributed by atoms with E-state index < -0.39 is 5.60 Å². The second-order valence-electron chi connectivity index (χ2n) is 4.89. The van der Waals surface area contributed by atoms with Crippen molar-refractivity contribution in [2.45, 2.75) is 57.6 Å². The van der Waals surface area contributed by atoms with Crippen molar-refractivity contribution in [1.29, 1.82) is 0 Å². The van der Waals surface area contributed by atoms with Crippen LogP contribution in [0.4, 0.5) is 0 Å². The average molecular weight is 235 g/mol. The number of hydrogen-bond donors (Lipinski definition) is 2. The van der Waals surface area contributed by atoms with Gasteiger partial charge in [0, 0.05) is 6.04 Å². The highest BCUT2D eigenvalue weighted by Gasteiger charge is 2.32. The zero-order valence-corrected chi connectivity index (χ0v) is 11.0. The van der Waals surface area contributed by atoms with Gasteiger partial charge in [0.15, 0.2) is 0 Å². The standard InChI is InChI=1S/C15H25NO/c1-3-4-5-9-12-15(17,13(2)16)14-10-7-6-8-11-14/h6-8,10-11,13,17H,3-5,9,12,16H2,1-2H3. The lowest BCUT2D eigenvalue weighted by atomic mass is 9.83. The first-order valence-electron chi connectivity index (χ1n) is 6.64. The molecule has 0 aliphatic heterocycles. The van der Waals surface area contributed by atoms with Crippen molar-refractivity contribution in [3.63, 3.8) is 0 Å². The fraction of sp³-hybridized carbons (Fsp3) is 0.600. The summed E-state index contributed by atoms with van der Waals surface area (Å²) in [5.74, 6) is 0. The van der Waals surface area contributed by atoms with E-state index in [1.165, 1.54) is 19.3 Å². The van der Waals surface area contributed by atoms with Gasteiger partial charge in [-0.1, -0.05) is 62.9 Å². The molecule has 3 N–H and O–H groups in total. The molecular formula is C15H25NO. The van der Waals surface area contributed by atoms with E-state index >= 15 is 0 Å². The van der Waals surface area contributed by atoms with Crippen molar-refractivity contribution in [1.82, 2.24) is 0 Å².